The van der Waals surface area contributed by atoms with Crippen LogP contribution in [-0.4, -0.2) is 32.1 Å². The lowest BCUT2D eigenvalue weighted by molar-refractivity contribution is -0.139. The Hall–Kier alpha value is -2.41. The van der Waals surface area contributed by atoms with E-state index in [4.69, 9.17) is 11.6 Å². The summed E-state index contributed by atoms with van der Waals surface area (Å²) in [5.41, 5.74) is 0.101. The highest BCUT2D eigenvalue weighted by Gasteiger charge is 2.69. The van der Waals surface area contributed by atoms with E-state index in [-0.39, 0.29) is 11.8 Å². The Morgan fingerprint density at radius 1 is 1.20 bits per heavy atom. The highest BCUT2D eigenvalue weighted by atomic mass is 35.5. The Morgan fingerprint density at radius 3 is 2.65 bits per heavy atom. The summed E-state index contributed by atoms with van der Waals surface area (Å²) in [5, 5.41) is 10.4. The third kappa shape index (κ3) is 1.07. The van der Waals surface area contributed by atoms with Crippen LogP contribution in [0.3, 0.4) is 0 Å². The van der Waals surface area contributed by atoms with Crippen molar-refractivity contribution in [1.82, 2.24) is 14.9 Å². The number of carbonyl (C=O) groups is 2. The number of rotatable bonds is 1. The van der Waals surface area contributed by atoms with Crippen LogP contribution in [0.1, 0.15) is 5.56 Å². The molecule has 1 aromatic heterocycles. The fourth-order valence-electron chi connectivity index (χ4n) is 2.82. The summed E-state index contributed by atoms with van der Waals surface area (Å²) >= 11 is 6.19. The molecule has 2 amide bonds. The number of carbonyl (C=O) groups excluding carboxylic acids is 2. The van der Waals surface area contributed by atoms with Gasteiger partial charge in [0.05, 0.1) is 0 Å². The van der Waals surface area contributed by atoms with E-state index in [2.05, 4.69) is 15.5 Å². The first-order valence-corrected chi connectivity index (χ1v) is 6.35. The van der Waals surface area contributed by atoms with Gasteiger partial charge in [0, 0.05) is 11.3 Å². The van der Waals surface area contributed by atoms with E-state index in [1.54, 1.807) is 18.2 Å². The maximum Gasteiger partial charge on any atom is 0.264 e. The number of aromatic nitrogens is 3. The lowest BCUT2D eigenvalue weighted by atomic mass is 9.79. The van der Waals surface area contributed by atoms with Crippen LogP contribution in [0.15, 0.2) is 36.9 Å². The van der Waals surface area contributed by atoms with Crippen LogP contribution >= 0.6 is 11.6 Å². The number of hydrogen-bond acceptors (Lipinski definition) is 4. The predicted molar refractivity (Wildman–Crippen MR) is 69.6 cm³/mol. The molecule has 1 N–H and O–H groups in total. The highest BCUT2D eigenvalue weighted by Crippen LogP contribution is 2.50. The van der Waals surface area contributed by atoms with Gasteiger partial charge in [-0.1, -0.05) is 18.2 Å². The van der Waals surface area contributed by atoms with Crippen molar-refractivity contribution in [3.05, 3.63) is 42.5 Å². The van der Waals surface area contributed by atoms with E-state index in [0.717, 1.165) is 0 Å². The van der Waals surface area contributed by atoms with Crippen LogP contribution in [-0.2, 0) is 15.1 Å². The van der Waals surface area contributed by atoms with Gasteiger partial charge in [-0.2, -0.15) is 0 Å². The Morgan fingerprint density at radius 2 is 1.90 bits per heavy atom. The molecule has 2 atom stereocenters. The van der Waals surface area contributed by atoms with Crippen LogP contribution in [0.5, 0.6) is 0 Å². The van der Waals surface area contributed by atoms with Crippen molar-refractivity contribution >= 4 is 29.1 Å². The molecule has 0 bridgehead atoms. The number of fused-ring (bicyclic) bond motifs is 2. The van der Waals surface area contributed by atoms with E-state index in [1.807, 2.05) is 6.07 Å². The normalized spacial score (nSPS) is 27.4. The van der Waals surface area contributed by atoms with Crippen molar-refractivity contribution in [2.24, 2.45) is 0 Å². The summed E-state index contributed by atoms with van der Waals surface area (Å²) < 4.78 is 1.38. The number of amides is 2. The number of hydrogen-bond donors (Lipinski definition) is 1. The third-order valence-electron chi connectivity index (χ3n) is 3.70. The number of nitrogens with zero attached hydrogens (tertiary/aromatic N) is 4. The number of halogens is 1. The van der Waals surface area contributed by atoms with Gasteiger partial charge < -0.3 is 5.32 Å². The van der Waals surface area contributed by atoms with Gasteiger partial charge in [0.2, 0.25) is 0 Å². The number of alkyl halides is 1. The van der Waals surface area contributed by atoms with Crippen LogP contribution in [0.4, 0.5) is 5.69 Å². The van der Waals surface area contributed by atoms with Crippen molar-refractivity contribution in [3.63, 3.8) is 0 Å². The molecular formula is C12H8ClN5O2. The zero-order valence-corrected chi connectivity index (χ0v) is 10.8. The Bertz CT molecular complexity index is 731. The lowest BCUT2D eigenvalue weighted by Crippen LogP contribution is -2.76. The van der Waals surface area contributed by atoms with E-state index >= 15 is 0 Å². The Balaban J connectivity index is 1.95. The molecule has 4 rings (SSSR count). The molecule has 2 unspecified atom stereocenters. The second-order valence-electron chi connectivity index (χ2n) is 4.62. The van der Waals surface area contributed by atoms with Gasteiger partial charge in [0.15, 0.2) is 10.9 Å². The van der Waals surface area contributed by atoms with Crippen LogP contribution < -0.4 is 10.3 Å². The van der Waals surface area contributed by atoms with Crippen molar-refractivity contribution in [3.8, 4) is 0 Å². The average Bonchev–Trinajstić information content (AvgIpc) is 3.06. The molecule has 2 aliphatic heterocycles. The zero-order valence-electron chi connectivity index (χ0n) is 10.0. The Labute approximate surface area is 118 Å². The molecule has 0 radical (unpaired) electrons. The monoisotopic (exact) mass is 289 g/mol. The maximum atomic E-state index is 12.5. The molecule has 0 aliphatic carbocycles. The van der Waals surface area contributed by atoms with Crippen molar-refractivity contribution in [2.45, 2.75) is 10.9 Å². The quantitative estimate of drug-likeness (QED) is 0.601. The largest absolute Gasteiger partial charge is 0.323 e. The third-order valence-corrected chi connectivity index (χ3v) is 4.20. The second kappa shape index (κ2) is 3.57. The maximum absolute atomic E-state index is 12.5. The SMILES string of the molecule is O=C1C(Cl)C2(C(=O)Nc3ccccc32)N1n1cnnc1. The number of para-hydroxylation sites is 1. The molecule has 1 saturated heterocycles. The summed E-state index contributed by atoms with van der Waals surface area (Å²) in [7, 11) is 0. The molecule has 3 heterocycles. The summed E-state index contributed by atoms with van der Waals surface area (Å²) in [6, 6.07) is 7.17. The van der Waals surface area contributed by atoms with Crippen molar-refractivity contribution in [2.75, 3.05) is 10.3 Å². The molecule has 100 valence electrons. The molecular weight excluding hydrogens is 282 g/mol. The highest BCUT2D eigenvalue weighted by molar-refractivity contribution is 6.41. The topological polar surface area (TPSA) is 80.1 Å². The van der Waals surface area contributed by atoms with Crippen molar-refractivity contribution in [1.29, 1.82) is 0 Å². The van der Waals surface area contributed by atoms with Gasteiger partial charge in [-0.15, -0.1) is 21.8 Å². The number of benzene rings is 1. The van der Waals surface area contributed by atoms with Gasteiger partial charge in [-0.25, -0.2) is 9.69 Å². The molecule has 0 saturated carbocycles. The summed E-state index contributed by atoms with van der Waals surface area (Å²) in [6.07, 6.45) is 2.72. The van der Waals surface area contributed by atoms with Crippen LogP contribution in [0, 0.1) is 0 Å². The standard InChI is InChI=1S/C12H8ClN5O2/c13-9-10(19)18(17-5-14-15-6-17)12(9)7-3-1-2-4-8(7)16-11(12)20/h1-6,9H,(H,16,20). The average molecular weight is 290 g/mol. The minimum absolute atomic E-state index is 0.327. The molecule has 1 spiro atoms. The fraction of sp³-hybridized carbons (Fsp3) is 0.167. The van der Waals surface area contributed by atoms with Gasteiger partial charge in [0.1, 0.15) is 12.7 Å². The van der Waals surface area contributed by atoms with E-state index < -0.39 is 10.9 Å². The van der Waals surface area contributed by atoms with Crippen molar-refractivity contribution < 1.29 is 9.59 Å². The summed E-state index contributed by atoms with van der Waals surface area (Å²) in [4.78, 5) is 24.6. The molecule has 20 heavy (non-hydrogen) atoms. The molecule has 1 fully saturated rings. The molecule has 1 aromatic carbocycles. The first-order valence-electron chi connectivity index (χ1n) is 5.91. The Kier molecular flexibility index (Phi) is 2.04. The zero-order chi connectivity index (χ0) is 13.9. The molecule has 2 aromatic rings. The minimum Gasteiger partial charge on any atom is -0.323 e. The number of nitrogens with one attached hydrogen (secondary N) is 1. The smallest absolute Gasteiger partial charge is 0.264 e. The number of β-lactam (4-membered cyclic amide) rings is 1. The van der Waals surface area contributed by atoms with Gasteiger partial charge in [-0.05, 0) is 6.07 Å². The minimum atomic E-state index is -1.24. The molecule has 2 aliphatic rings. The molecule has 8 heteroatoms. The van der Waals surface area contributed by atoms with Crippen LogP contribution in [0.25, 0.3) is 0 Å². The summed E-state index contributed by atoms with van der Waals surface area (Å²) in [5.74, 6) is -0.690. The van der Waals surface area contributed by atoms with E-state index in [0.29, 0.717) is 11.3 Å². The van der Waals surface area contributed by atoms with Gasteiger partial charge in [-0.3, -0.25) is 9.59 Å². The first-order chi connectivity index (χ1) is 9.67. The predicted octanol–water partition coefficient (Wildman–Crippen LogP) is 0.211. The summed E-state index contributed by atoms with van der Waals surface area (Å²) in [6.45, 7) is 0. The fourth-order valence-corrected chi connectivity index (χ4v) is 3.22. The van der Waals surface area contributed by atoms with Gasteiger partial charge in [0.25, 0.3) is 11.8 Å². The van der Waals surface area contributed by atoms with E-state index in [1.165, 1.54) is 22.3 Å². The van der Waals surface area contributed by atoms with Gasteiger partial charge >= 0.3 is 0 Å². The lowest BCUT2D eigenvalue weighted by Gasteiger charge is -2.50. The first kappa shape index (κ1) is 11.4. The number of anilines is 1. The van der Waals surface area contributed by atoms with E-state index in [9.17, 15) is 9.59 Å². The molecule has 7 nitrogen and oxygen atoms in total. The van der Waals surface area contributed by atoms with Crippen LogP contribution in [0.2, 0.25) is 0 Å². The second-order valence-corrected chi connectivity index (χ2v) is 5.06.